The zero-order valence-corrected chi connectivity index (χ0v) is 16.1. The Morgan fingerprint density at radius 3 is 2.24 bits per heavy atom. The molecule has 2 aliphatic rings. The molecule has 3 heterocycles. The summed E-state index contributed by atoms with van der Waals surface area (Å²) in [6, 6.07) is 4.54. The Kier molecular flexibility index (Phi) is 4.23. The van der Waals surface area contributed by atoms with Crippen LogP contribution < -0.4 is 5.32 Å². The smallest absolute Gasteiger partial charge is 0.357 e. The molecule has 0 saturated carbocycles. The number of fused-ring (bicyclic) bond motifs is 2. The second-order valence-corrected chi connectivity index (χ2v) is 9.03. The van der Waals surface area contributed by atoms with Crippen molar-refractivity contribution >= 4 is 46.5 Å². The molecule has 0 bridgehead atoms. The van der Waals surface area contributed by atoms with E-state index in [0.29, 0.717) is 11.0 Å². The van der Waals surface area contributed by atoms with Gasteiger partial charge in [-0.2, -0.15) is 0 Å². The first-order valence-corrected chi connectivity index (χ1v) is 9.53. The van der Waals surface area contributed by atoms with E-state index in [-0.39, 0.29) is 0 Å². The molecule has 1 aromatic carbocycles. The Bertz CT molecular complexity index is 1090. The molecule has 4 rings (SSSR count). The fourth-order valence-corrected chi connectivity index (χ4v) is 5.29. The molecule has 3 N–H and O–H groups in total. The Balaban J connectivity index is 1.63. The van der Waals surface area contributed by atoms with Crippen molar-refractivity contribution in [2.24, 2.45) is 0 Å². The predicted octanol–water partition coefficient (Wildman–Crippen LogP) is 0.573. The minimum absolute atomic E-state index is 0.324. The number of rotatable bonds is 4. The van der Waals surface area contributed by atoms with Crippen LogP contribution in [0.15, 0.2) is 24.3 Å². The first kappa shape index (κ1) is 19.1. The van der Waals surface area contributed by atoms with Gasteiger partial charge in [-0.05, 0) is 26.0 Å². The third-order valence-corrected chi connectivity index (χ3v) is 6.52. The maximum atomic E-state index is 12.8. The number of hydrogen-bond donors (Lipinski definition) is 3. The molecule has 0 aliphatic carbocycles. The Labute approximate surface area is 168 Å². The van der Waals surface area contributed by atoms with Crippen molar-refractivity contribution in [3.8, 4) is 0 Å². The number of carbonyl (C=O) groups excluding carboxylic acids is 2. The lowest BCUT2D eigenvalue weighted by molar-refractivity contribution is -0.159. The van der Waals surface area contributed by atoms with Crippen molar-refractivity contribution in [2.75, 3.05) is 0 Å². The summed E-state index contributed by atoms with van der Waals surface area (Å²) in [7, 11) is 0. The van der Waals surface area contributed by atoms with Crippen LogP contribution in [0.25, 0.3) is 11.0 Å². The summed E-state index contributed by atoms with van der Waals surface area (Å²) < 4.78 is -0.735. The molecule has 1 aromatic heterocycles. The Hall–Kier alpha value is -3.21. The number of amides is 2. The van der Waals surface area contributed by atoms with E-state index in [1.807, 2.05) is 0 Å². The highest BCUT2D eigenvalue weighted by atomic mass is 32.2. The van der Waals surface area contributed by atoms with Gasteiger partial charge in [0.15, 0.2) is 11.4 Å². The van der Waals surface area contributed by atoms with Crippen LogP contribution in [0, 0.1) is 0 Å². The molecule has 2 aliphatic heterocycles. The van der Waals surface area contributed by atoms with Crippen LogP contribution in [0.5, 0.6) is 0 Å². The van der Waals surface area contributed by atoms with Crippen molar-refractivity contribution in [1.29, 1.82) is 0 Å². The number of β-lactam (4-membered cyclic amide) rings is 1. The summed E-state index contributed by atoms with van der Waals surface area (Å²) in [6.45, 7) is 3.44. The number of thioether (sulfide) groups is 1. The van der Waals surface area contributed by atoms with Gasteiger partial charge in [0.1, 0.15) is 17.5 Å². The minimum atomic E-state index is -1.42. The van der Waals surface area contributed by atoms with Crippen LogP contribution in [0.1, 0.15) is 34.8 Å². The first-order valence-electron chi connectivity index (χ1n) is 8.65. The van der Waals surface area contributed by atoms with Gasteiger partial charge >= 0.3 is 11.9 Å². The topological polar surface area (TPSA) is 150 Å². The molecule has 0 spiro atoms. The molecule has 2 saturated heterocycles. The van der Waals surface area contributed by atoms with Crippen molar-refractivity contribution in [3.05, 3.63) is 35.7 Å². The van der Waals surface area contributed by atoms with Crippen LogP contribution in [-0.4, -0.2) is 71.0 Å². The molecule has 10 nitrogen and oxygen atoms in total. The Morgan fingerprint density at radius 1 is 1.10 bits per heavy atom. The second kappa shape index (κ2) is 6.41. The molecule has 1 unspecified atom stereocenters. The molecule has 0 radical (unpaired) electrons. The second-order valence-electron chi connectivity index (χ2n) is 7.26. The summed E-state index contributed by atoms with van der Waals surface area (Å²) in [4.78, 5) is 57.7. The number of aromatic nitrogens is 2. The summed E-state index contributed by atoms with van der Waals surface area (Å²) in [5.74, 6) is -3.91. The maximum Gasteiger partial charge on any atom is 0.357 e. The van der Waals surface area contributed by atoms with E-state index in [9.17, 15) is 29.4 Å². The number of nitrogens with zero attached hydrogens (tertiary/aromatic N) is 3. The quantitative estimate of drug-likeness (QED) is 0.608. The monoisotopic (exact) mass is 416 g/mol. The van der Waals surface area contributed by atoms with E-state index < -0.39 is 57.3 Å². The van der Waals surface area contributed by atoms with Crippen LogP contribution in [0.3, 0.4) is 0 Å². The highest BCUT2D eigenvalue weighted by molar-refractivity contribution is 8.01. The lowest BCUT2D eigenvalue weighted by atomic mass is 9.96. The van der Waals surface area contributed by atoms with E-state index in [1.165, 1.54) is 16.7 Å². The van der Waals surface area contributed by atoms with Gasteiger partial charge in [0, 0.05) is 4.75 Å². The standard InChI is InChI=1S/C18H16N4O6S/c1-18(2)12(17(27)28)22-14(24)11(15(22)29-18)21-13(23)9-10(16(25)26)20-8-6-4-3-5-7(8)19-9/h3-6,11-12,15H,1-2H3,(H,21,23)(H,25,26)(H,27,28)/t11-,12?,15-/m1/s1. The van der Waals surface area contributed by atoms with Gasteiger partial charge < -0.3 is 20.4 Å². The van der Waals surface area contributed by atoms with E-state index in [1.54, 1.807) is 38.1 Å². The third-order valence-electron chi connectivity index (χ3n) is 4.95. The summed E-state index contributed by atoms with van der Waals surface area (Å²) in [5, 5.41) is 20.8. The molecular weight excluding hydrogens is 400 g/mol. The number of hydrogen-bond acceptors (Lipinski definition) is 7. The number of carbonyl (C=O) groups is 4. The summed E-state index contributed by atoms with van der Waals surface area (Å²) >= 11 is 1.27. The highest BCUT2D eigenvalue weighted by Gasteiger charge is 2.64. The van der Waals surface area contributed by atoms with Crippen molar-refractivity contribution in [2.45, 2.75) is 36.1 Å². The molecular formula is C18H16N4O6S. The fraction of sp³-hybridized carbons (Fsp3) is 0.333. The zero-order valence-electron chi connectivity index (χ0n) is 15.3. The van der Waals surface area contributed by atoms with Crippen LogP contribution in [0.2, 0.25) is 0 Å². The lowest BCUT2D eigenvalue weighted by Gasteiger charge is -2.43. The SMILES string of the molecule is CC1(C)S[C@@H]2[C@H](NC(=O)c3nc4ccccc4nc3C(=O)O)C(=O)N2C1C(=O)O. The van der Waals surface area contributed by atoms with Crippen LogP contribution in [0.4, 0.5) is 0 Å². The third kappa shape index (κ3) is 2.89. The van der Waals surface area contributed by atoms with Crippen molar-refractivity contribution in [3.63, 3.8) is 0 Å². The number of para-hydroxylation sites is 2. The molecule has 3 atom stereocenters. The average Bonchev–Trinajstić information content (AvgIpc) is 2.92. The van der Waals surface area contributed by atoms with E-state index in [0.717, 1.165) is 0 Å². The normalized spacial score (nSPS) is 24.7. The predicted molar refractivity (Wildman–Crippen MR) is 101 cm³/mol. The van der Waals surface area contributed by atoms with Gasteiger partial charge in [-0.1, -0.05) is 12.1 Å². The molecule has 150 valence electrons. The molecule has 2 fully saturated rings. The summed E-state index contributed by atoms with van der Waals surface area (Å²) in [6.07, 6.45) is 0. The number of aliphatic carboxylic acids is 1. The number of benzene rings is 1. The van der Waals surface area contributed by atoms with Crippen molar-refractivity contribution in [1.82, 2.24) is 20.2 Å². The average molecular weight is 416 g/mol. The number of carboxylic acids is 2. The zero-order chi connectivity index (χ0) is 21.1. The summed E-state index contributed by atoms with van der Waals surface area (Å²) in [5.41, 5.74) is -0.261. The van der Waals surface area contributed by atoms with Gasteiger partial charge in [0.2, 0.25) is 5.91 Å². The number of aromatic carboxylic acids is 1. The van der Waals surface area contributed by atoms with Crippen LogP contribution >= 0.6 is 11.8 Å². The van der Waals surface area contributed by atoms with Crippen LogP contribution in [-0.2, 0) is 9.59 Å². The molecule has 29 heavy (non-hydrogen) atoms. The van der Waals surface area contributed by atoms with E-state index in [4.69, 9.17) is 0 Å². The number of carboxylic acid groups (broad SMARTS) is 2. The number of nitrogens with one attached hydrogen (secondary N) is 1. The molecule has 2 aromatic rings. The minimum Gasteiger partial charge on any atom is -0.480 e. The molecule has 11 heteroatoms. The van der Waals surface area contributed by atoms with E-state index in [2.05, 4.69) is 15.3 Å². The Morgan fingerprint density at radius 2 is 1.69 bits per heavy atom. The molecule has 2 amide bonds. The van der Waals surface area contributed by atoms with Gasteiger partial charge in [-0.3, -0.25) is 9.59 Å². The van der Waals surface area contributed by atoms with Gasteiger partial charge in [0.25, 0.3) is 5.91 Å². The van der Waals surface area contributed by atoms with Gasteiger partial charge in [-0.15, -0.1) is 11.8 Å². The first-order chi connectivity index (χ1) is 13.6. The maximum absolute atomic E-state index is 12.8. The highest BCUT2D eigenvalue weighted by Crippen LogP contribution is 2.50. The van der Waals surface area contributed by atoms with Crippen molar-refractivity contribution < 1.29 is 29.4 Å². The largest absolute Gasteiger partial charge is 0.480 e. The van der Waals surface area contributed by atoms with E-state index >= 15 is 0 Å². The fourth-order valence-electron chi connectivity index (χ4n) is 3.66. The van der Waals surface area contributed by atoms with Gasteiger partial charge in [-0.25, -0.2) is 19.6 Å². The lowest BCUT2D eigenvalue weighted by Crippen LogP contribution is -2.70. The van der Waals surface area contributed by atoms with Gasteiger partial charge in [0.05, 0.1) is 11.0 Å².